The largest absolute Gasteiger partial charge is 0.337 e. The Morgan fingerprint density at radius 1 is 1.30 bits per heavy atom. The summed E-state index contributed by atoms with van der Waals surface area (Å²) in [4.78, 5) is 11.6. The van der Waals surface area contributed by atoms with E-state index in [9.17, 15) is 9.00 Å². The second kappa shape index (κ2) is 8.71. The lowest BCUT2D eigenvalue weighted by atomic mass is 10.1. The summed E-state index contributed by atoms with van der Waals surface area (Å²) in [5, 5.41) is 8.59. The highest BCUT2D eigenvalue weighted by Gasteiger charge is 2.04. The van der Waals surface area contributed by atoms with Crippen LogP contribution in [0.4, 0.5) is 10.5 Å². The first kappa shape index (κ1) is 16.7. The van der Waals surface area contributed by atoms with Gasteiger partial charge in [0.05, 0.1) is 0 Å². The molecule has 0 fully saturated rings. The fraction of sp³-hybridized carbons (Fsp3) is 0.500. The van der Waals surface area contributed by atoms with Gasteiger partial charge in [-0.3, -0.25) is 4.21 Å². The summed E-state index contributed by atoms with van der Waals surface area (Å²) in [7, 11) is 1.06. The Morgan fingerprint density at radius 3 is 2.50 bits per heavy atom. The third-order valence-electron chi connectivity index (χ3n) is 3.04. The molecule has 2 unspecified atom stereocenters. The molecule has 0 aromatic heterocycles. The third kappa shape index (κ3) is 5.71. The maximum absolute atomic E-state index is 11.6. The van der Waals surface area contributed by atoms with Crippen molar-refractivity contribution in [2.75, 3.05) is 30.4 Å². The van der Waals surface area contributed by atoms with E-state index in [0.717, 1.165) is 11.3 Å². The summed E-state index contributed by atoms with van der Waals surface area (Å²) in [5.41, 5.74) is 1.91. The van der Waals surface area contributed by atoms with Crippen molar-refractivity contribution in [3.05, 3.63) is 29.8 Å². The molecule has 0 radical (unpaired) electrons. The van der Waals surface area contributed by atoms with Crippen LogP contribution >= 0.6 is 0 Å². The molecule has 1 rings (SSSR count). The summed E-state index contributed by atoms with van der Waals surface area (Å²) in [6, 6.07) is 7.69. The van der Waals surface area contributed by atoms with Gasteiger partial charge in [-0.1, -0.05) is 19.1 Å². The predicted molar refractivity (Wildman–Crippen MR) is 84.5 cm³/mol. The van der Waals surface area contributed by atoms with E-state index in [1.807, 2.05) is 38.2 Å². The van der Waals surface area contributed by atoms with Gasteiger partial charge in [0.15, 0.2) is 0 Å². The Balaban J connectivity index is 2.40. The topological polar surface area (TPSA) is 70.2 Å². The minimum Gasteiger partial charge on any atom is -0.337 e. The number of urea groups is 1. The molecule has 0 saturated heterocycles. The van der Waals surface area contributed by atoms with E-state index in [1.54, 1.807) is 0 Å². The molecule has 20 heavy (non-hydrogen) atoms. The number of benzene rings is 1. The molecule has 5 nitrogen and oxygen atoms in total. The molecule has 3 N–H and O–H groups in total. The van der Waals surface area contributed by atoms with Gasteiger partial charge in [-0.25, -0.2) is 4.79 Å². The van der Waals surface area contributed by atoms with Gasteiger partial charge in [0.2, 0.25) is 0 Å². The highest BCUT2D eigenvalue weighted by molar-refractivity contribution is 7.84. The van der Waals surface area contributed by atoms with Gasteiger partial charge in [0, 0.05) is 40.6 Å². The quantitative estimate of drug-likeness (QED) is 0.719. The second-order valence-electron chi connectivity index (χ2n) is 4.45. The van der Waals surface area contributed by atoms with Crippen molar-refractivity contribution in [1.82, 2.24) is 10.6 Å². The van der Waals surface area contributed by atoms with Crippen LogP contribution in [0.15, 0.2) is 24.3 Å². The first-order valence-corrected chi connectivity index (χ1v) is 8.22. The minimum absolute atomic E-state index is 0.271. The van der Waals surface area contributed by atoms with Crippen LogP contribution in [-0.2, 0) is 10.8 Å². The van der Waals surface area contributed by atoms with Gasteiger partial charge >= 0.3 is 6.03 Å². The number of carbonyl (C=O) groups excluding carboxylic acids is 1. The highest BCUT2D eigenvalue weighted by atomic mass is 32.2. The average molecular weight is 297 g/mol. The monoisotopic (exact) mass is 297 g/mol. The van der Waals surface area contributed by atoms with Crippen LogP contribution in [0, 0.1) is 0 Å². The Bertz CT molecular complexity index is 448. The molecule has 1 aromatic rings. The van der Waals surface area contributed by atoms with Crippen LogP contribution < -0.4 is 16.0 Å². The first-order valence-electron chi connectivity index (χ1n) is 6.73. The number of hydrogen-bond donors (Lipinski definition) is 3. The number of amides is 2. The molecule has 0 saturated carbocycles. The molecule has 0 aliphatic rings. The van der Waals surface area contributed by atoms with Crippen LogP contribution in [0.2, 0.25) is 0 Å². The molecule has 2 atom stereocenters. The van der Waals surface area contributed by atoms with E-state index < -0.39 is 10.8 Å². The second-order valence-corrected chi connectivity index (χ2v) is 6.31. The molecule has 0 aliphatic carbocycles. The zero-order valence-electron chi connectivity index (χ0n) is 12.2. The number of carbonyl (C=O) groups is 1. The van der Waals surface area contributed by atoms with Crippen molar-refractivity contribution in [3.8, 4) is 0 Å². The Kier molecular flexibility index (Phi) is 7.25. The molecular weight excluding hydrogens is 274 g/mol. The SMILES string of the molecule is CCS(=O)CCNC(=O)Nc1ccc(C(C)NC)cc1. The lowest BCUT2D eigenvalue weighted by Crippen LogP contribution is -2.32. The summed E-state index contributed by atoms with van der Waals surface area (Å²) in [6.45, 7) is 4.36. The number of hydrogen-bond acceptors (Lipinski definition) is 3. The number of anilines is 1. The van der Waals surface area contributed by atoms with E-state index in [4.69, 9.17) is 0 Å². The standard InChI is InChI=1S/C14H23N3O2S/c1-4-20(19)10-9-16-14(18)17-13-7-5-12(6-8-13)11(2)15-3/h5-8,11,15H,4,9-10H2,1-3H3,(H2,16,17,18). The third-order valence-corrected chi connectivity index (χ3v) is 4.34. The minimum atomic E-state index is -0.849. The Hall–Kier alpha value is -1.40. The van der Waals surface area contributed by atoms with Gasteiger partial charge in [-0.2, -0.15) is 0 Å². The molecule has 1 aromatic carbocycles. The molecule has 2 amide bonds. The van der Waals surface area contributed by atoms with Crippen molar-refractivity contribution in [2.24, 2.45) is 0 Å². The van der Waals surface area contributed by atoms with E-state index in [2.05, 4.69) is 22.9 Å². The molecule has 0 spiro atoms. The van der Waals surface area contributed by atoms with E-state index in [-0.39, 0.29) is 12.1 Å². The van der Waals surface area contributed by atoms with Crippen LogP contribution in [0.5, 0.6) is 0 Å². The fourth-order valence-electron chi connectivity index (χ4n) is 1.62. The van der Waals surface area contributed by atoms with Crippen LogP contribution in [0.1, 0.15) is 25.5 Å². The van der Waals surface area contributed by atoms with Gasteiger partial charge in [-0.05, 0) is 31.7 Å². The molecule has 0 bridgehead atoms. The number of rotatable bonds is 7. The maximum Gasteiger partial charge on any atom is 0.319 e. The fourth-order valence-corrected chi connectivity index (χ4v) is 2.24. The smallest absolute Gasteiger partial charge is 0.319 e. The van der Waals surface area contributed by atoms with E-state index in [1.165, 1.54) is 0 Å². The van der Waals surface area contributed by atoms with Crippen LogP contribution in [0.25, 0.3) is 0 Å². The molecular formula is C14H23N3O2S. The molecule has 6 heteroatoms. The van der Waals surface area contributed by atoms with Crippen LogP contribution in [0.3, 0.4) is 0 Å². The zero-order valence-corrected chi connectivity index (χ0v) is 13.0. The molecule has 0 heterocycles. The summed E-state index contributed by atoms with van der Waals surface area (Å²) < 4.78 is 11.2. The van der Waals surface area contributed by atoms with Crippen molar-refractivity contribution in [3.63, 3.8) is 0 Å². The van der Waals surface area contributed by atoms with E-state index in [0.29, 0.717) is 18.1 Å². The Morgan fingerprint density at radius 2 is 1.95 bits per heavy atom. The van der Waals surface area contributed by atoms with Crippen molar-refractivity contribution < 1.29 is 9.00 Å². The normalized spacial score (nSPS) is 13.6. The van der Waals surface area contributed by atoms with Gasteiger partial charge in [0.25, 0.3) is 0 Å². The maximum atomic E-state index is 11.6. The average Bonchev–Trinajstić information content (AvgIpc) is 2.47. The van der Waals surface area contributed by atoms with Crippen molar-refractivity contribution in [2.45, 2.75) is 19.9 Å². The Labute approximate surface area is 123 Å². The van der Waals surface area contributed by atoms with E-state index >= 15 is 0 Å². The van der Waals surface area contributed by atoms with Gasteiger partial charge in [0.1, 0.15) is 0 Å². The lowest BCUT2D eigenvalue weighted by molar-refractivity contribution is 0.252. The van der Waals surface area contributed by atoms with Crippen molar-refractivity contribution in [1.29, 1.82) is 0 Å². The molecule has 0 aliphatic heterocycles. The summed E-state index contributed by atoms with van der Waals surface area (Å²) in [6.07, 6.45) is 0. The highest BCUT2D eigenvalue weighted by Crippen LogP contribution is 2.15. The van der Waals surface area contributed by atoms with Gasteiger partial charge in [-0.15, -0.1) is 0 Å². The lowest BCUT2D eigenvalue weighted by Gasteiger charge is -2.12. The predicted octanol–water partition coefficient (Wildman–Crippen LogP) is 1.86. The van der Waals surface area contributed by atoms with Crippen molar-refractivity contribution >= 4 is 22.5 Å². The zero-order chi connectivity index (χ0) is 15.0. The van der Waals surface area contributed by atoms with Gasteiger partial charge < -0.3 is 16.0 Å². The summed E-state index contributed by atoms with van der Waals surface area (Å²) >= 11 is 0. The number of nitrogens with one attached hydrogen (secondary N) is 3. The van der Waals surface area contributed by atoms with Crippen LogP contribution in [-0.4, -0.2) is 35.3 Å². The first-order chi connectivity index (χ1) is 9.56. The summed E-state index contributed by atoms with van der Waals surface area (Å²) in [5.74, 6) is 1.11. The molecule has 112 valence electrons.